The second-order valence-corrected chi connectivity index (χ2v) is 12.1. The number of nitrogens with zero attached hydrogens (tertiary/aromatic N) is 5. The van der Waals surface area contributed by atoms with Gasteiger partial charge < -0.3 is 20.1 Å². The van der Waals surface area contributed by atoms with E-state index in [2.05, 4.69) is 25.2 Å². The Bertz CT molecular complexity index is 1390. The Morgan fingerprint density at radius 2 is 1.84 bits per heavy atom. The molecule has 2 N–H and O–H groups in total. The number of fused-ring (bicyclic) bond motifs is 2. The molecule has 0 bridgehead atoms. The molecule has 11 heteroatoms. The average molecular weight is 524 g/mol. The highest BCUT2D eigenvalue weighted by Crippen LogP contribution is 2.36. The first kappa shape index (κ1) is 24.2. The monoisotopic (exact) mass is 523 g/mol. The highest BCUT2D eigenvalue weighted by Gasteiger charge is 2.40. The van der Waals surface area contributed by atoms with Crippen molar-refractivity contribution in [3.8, 4) is 0 Å². The highest BCUT2D eigenvalue weighted by atomic mass is 32.2. The summed E-state index contributed by atoms with van der Waals surface area (Å²) in [5.41, 5.74) is 1.30. The van der Waals surface area contributed by atoms with E-state index in [-0.39, 0.29) is 23.4 Å². The number of rotatable bonds is 6. The smallest absolute Gasteiger partial charge is 0.245 e. The number of likely N-dealkylation sites (tertiary alicyclic amines) is 1. The van der Waals surface area contributed by atoms with Gasteiger partial charge in [0.25, 0.3) is 0 Å². The molecule has 3 aliphatic heterocycles. The van der Waals surface area contributed by atoms with Gasteiger partial charge in [-0.3, -0.25) is 4.79 Å². The molecule has 3 aromatic rings. The molecule has 2 aromatic heterocycles. The van der Waals surface area contributed by atoms with Crippen LogP contribution in [0.25, 0.3) is 11.0 Å². The van der Waals surface area contributed by atoms with Gasteiger partial charge in [0.05, 0.1) is 23.7 Å². The number of anilines is 2. The number of H-pyrrole nitrogens is 1. The van der Waals surface area contributed by atoms with Gasteiger partial charge in [-0.2, -0.15) is 4.31 Å². The standard InChI is InChI=1S/C26H33N7O3S/c34-24(16-28-21-6-2-3-7-23(21)37(35,36)32-12-4-1-5-13-32)31-14-9-19-10-15-33(22(19)17-31)26-20-8-11-27-25(20)29-18-30-26/h2-3,6-8,11,18-19,22,28H,1,4-5,9-10,12-17H2,(H,27,29,30)/t19-,22-/m0/s1. The summed E-state index contributed by atoms with van der Waals surface area (Å²) < 4.78 is 28.2. The third-order valence-electron chi connectivity index (χ3n) is 8.07. The summed E-state index contributed by atoms with van der Waals surface area (Å²) in [6.07, 6.45) is 8.33. The Labute approximate surface area is 217 Å². The first-order valence-corrected chi connectivity index (χ1v) is 14.6. The molecule has 2 atom stereocenters. The van der Waals surface area contributed by atoms with Crippen LogP contribution in [0.4, 0.5) is 11.5 Å². The Balaban J connectivity index is 1.15. The largest absolute Gasteiger partial charge is 0.375 e. The van der Waals surface area contributed by atoms with E-state index in [4.69, 9.17) is 0 Å². The van der Waals surface area contributed by atoms with Crippen molar-refractivity contribution in [1.82, 2.24) is 24.2 Å². The van der Waals surface area contributed by atoms with Gasteiger partial charge in [0.15, 0.2) is 0 Å². The van der Waals surface area contributed by atoms with Crippen LogP contribution in [0, 0.1) is 5.92 Å². The molecule has 5 heterocycles. The first-order chi connectivity index (χ1) is 18.0. The number of aromatic amines is 1. The summed E-state index contributed by atoms with van der Waals surface area (Å²) in [5.74, 6) is 1.42. The molecule has 0 unspecified atom stereocenters. The predicted molar refractivity (Wildman–Crippen MR) is 142 cm³/mol. The van der Waals surface area contributed by atoms with Crippen molar-refractivity contribution >= 4 is 38.5 Å². The summed E-state index contributed by atoms with van der Waals surface area (Å²) in [6.45, 7) is 3.41. The fourth-order valence-corrected chi connectivity index (χ4v) is 7.77. The number of sulfonamides is 1. The third-order valence-corrected chi connectivity index (χ3v) is 10.0. The van der Waals surface area contributed by atoms with Gasteiger partial charge in [-0.1, -0.05) is 18.6 Å². The first-order valence-electron chi connectivity index (χ1n) is 13.2. The number of hydrogen-bond donors (Lipinski definition) is 2. The van der Waals surface area contributed by atoms with Gasteiger partial charge in [-0.25, -0.2) is 18.4 Å². The number of benzene rings is 1. The molecule has 37 heavy (non-hydrogen) atoms. The van der Waals surface area contributed by atoms with Crippen molar-refractivity contribution < 1.29 is 13.2 Å². The minimum Gasteiger partial charge on any atom is -0.375 e. The van der Waals surface area contributed by atoms with E-state index in [9.17, 15) is 13.2 Å². The van der Waals surface area contributed by atoms with Gasteiger partial charge in [-0.05, 0) is 49.8 Å². The number of piperidine rings is 2. The van der Waals surface area contributed by atoms with Gasteiger partial charge >= 0.3 is 0 Å². The van der Waals surface area contributed by atoms with Crippen LogP contribution < -0.4 is 10.2 Å². The molecule has 3 aliphatic rings. The van der Waals surface area contributed by atoms with Gasteiger partial charge in [-0.15, -0.1) is 0 Å². The zero-order valence-corrected chi connectivity index (χ0v) is 21.7. The molecule has 3 saturated heterocycles. The number of amides is 1. The van der Waals surface area contributed by atoms with Crippen molar-refractivity contribution in [1.29, 1.82) is 0 Å². The van der Waals surface area contributed by atoms with Crippen LogP contribution in [0.1, 0.15) is 32.1 Å². The summed E-state index contributed by atoms with van der Waals surface area (Å²) >= 11 is 0. The normalized spacial score (nSPS) is 22.8. The number of carbonyl (C=O) groups excluding carboxylic acids is 1. The Hall–Kier alpha value is -3.18. The number of aromatic nitrogens is 3. The van der Waals surface area contributed by atoms with Gasteiger partial charge in [0.2, 0.25) is 15.9 Å². The van der Waals surface area contributed by atoms with Crippen LogP contribution in [0.2, 0.25) is 0 Å². The quantitative estimate of drug-likeness (QED) is 0.511. The minimum absolute atomic E-state index is 0.0232. The number of para-hydroxylation sites is 1. The van der Waals surface area contributed by atoms with E-state index < -0.39 is 10.0 Å². The zero-order chi connectivity index (χ0) is 25.4. The molecule has 1 amide bonds. The summed E-state index contributed by atoms with van der Waals surface area (Å²) in [6, 6.07) is 9.11. The van der Waals surface area contributed by atoms with E-state index in [1.54, 1.807) is 34.9 Å². The molecular formula is C26H33N7O3S. The van der Waals surface area contributed by atoms with Gasteiger partial charge in [0, 0.05) is 38.9 Å². The SMILES string of the molecule is O=C(CNc1ccccc1S(=O)(=O)N1CCCCC1)N1CC[C@H]2CCN(c3ncnc4[nH]ccc34)[C@H]2C1. The van der Waals surface area contributed by atoms with Crippen molar-refractivity contribution in [2.45, 2.75) is 43.0 Å². The van der Waals surface area contributed by atoms with E-state index in [1.165, 1.54) is 0 Å². The molecule has 0 radical (unpaired) electrons. The Morgan fingerprint density at radius 1 is 1.03 bits per heavy atom. The van der Waals surface area contributed by atoms with Crippen LogP contribution in [-0.2, 0) is 14.8 Å². The van der Waals surface area contributed by atoms with Crippen LogP contribution in [-0.4, -0.2) is 83.8 Å². The van der Waals surface area contributed by atoms with E-state index in [0.29, 0.717) is 37.8 Å². The van der Waals surface area contributed by atoms with Crippen LogP contribution in [0.3, 0.4) is 0 Å². The molecule has 0 saturated carbocycles. The number of nitrogens with one attached hydrogen (secondary N) is 2. The lowest BCUT2D eigenvalue weighted by atomic mass is 9.92. The van der Waals surface area contributed by atoms with E-state index in [0.717, 1.165) is 55.5 Å². The zero-order valence-electron chi connectivity index (χ0n) is 20.8. The molecule has 3 fully saturated rings. The summed E-state index contributed by atoms with van der Waals surface area (Å²) in [7, 11) is -3.60. The Morgan fingerprint density at radius 3 is 2.70 bits per heavy atom. The average Bonchev–Trinajstić information content (AvgIpc) is 3.59. The van der Waals surface area contributed by atoms with E-state index >= 15 is 0 Å². The van der Waals surface area contributed by atoms with Crippen LogP contribution >= 0.6 is 0 Å². The van der Waals surface area contributed by atoms with Gasteiger partial charge in [0.1, 0.15) is 22.7 Å². The fourth-order valence-electron chi connectivity index (χ4n) is 6.08. The second kappa shape index (κ2) is 9.94. The minimum atomic E-state index is -3.60. The van der Waals surface area contributed by atoms with Crippen molar-refractivity contribution in [2.24, 2.45) is 5.92 Å². The maximum atomic E-state index is 13.3. The highest BCUT2D eigenvalue weighted by molar-refractivity contribution is 7.89. The molecule has 0 spiro atoms. The predicted octanol–water partition coefficient (Wildman–Crippen LogP) is 2.67. The van der Waals surface area contributed by atoms with Crippen molar-refractivity contribution in [3.05, 3.63) is 42.9 Å². The number of carbonyl (C=O) groups is 1. The fraction of sp³-hybridized carbons (Fsp3) is 0.500. The van der Waals surface area contributed by atoms with Crippen LogP contribution in [0.5, 0.6) is 0 Å². The number of hydrogen-bond acceptors (Lipinski definition) is 7. The van der Waals surface area contributed by atoms with E-state index in [1.807, 2.05) is 17.2 Å². The maximum absolute atomic E-state index is 13.3. The molecular weight excluding hydrogens is 490 g/mol. The Kier molecular flexibility index (Phi) is 6.49. The lowest BCUT2D eigenvalue weighted by molar-refractivity contribution is -0.130. The maximum Gasteiger partial charge on any atom is 0.245 e. The summed E-state index contributed by atoms with van der Waals surface area (Å²) in [5, 5.41) is 4.14. The van der Waals surface area contributed by atoms with Crippen LogP contribution in [0.15, 0.2) is 47.8 Å². The van der Waals surface area contributed by atoms with Crippen molar-refractivity contribution in [2.75, 3.05) is 49.5 Å². The molecule has 0 aliphatic carbocycles. The lowest BCUT2D eigenvalue weighted by Gasteiger charge is -2.39. The molecule has 10 nitrogen and oxygen atoms in total. The topological polar surface area (TPSA) is 115 Å². The third kappa shape index (κ3) is 4.54. The molecule has 1 aromatic carbocycles. The molecule has 196 valence electrons. The second-order valence-electron chi connectivity index (χ2n) is 10.2. The molecule has 6 rings (SSSR count). The summed E-state index contributed by atoms with van der Waals surface area (Å²) in [4.78, 5) is 29.8. The van der Waals surface area contributed by atoms with Crippen molar-refractivity contribution in [3.63, 3.8) is 0 Å². The lowest BCUT2D eigenvalue weighted by Crippen LogP contribution is -2.51.